The normalized spacial score (nSPS) is 12.2. The summed E-state index contributed by atoms with van der Waals surface area (Å²) in [7, 11) is -1.59. The van der Waals surface area contributed by atoms with Crippen LogP contribution in [0.1, 0.15) is 11.1 Å². The number of fused-ring (bicyclic) bond motifs is 1. The van der Waals surface area contributed by atoms with Gasteiger partial charge in [0.25, 0.3) is 5.91 Å². The van der Waals surface area contributed by atoms with Gasteiger partial charge in [-0.05, 0) is 24.6 Å². The van der Waals surface area contributed by atoms with Crippen LogP contribution in [0.2, 0.25) is 19.6 Å². The van der Waals surface area contributed by atoms with Crippen molar-refractivity contribution in [3.63, 3.8) is 0 Å². The van der Waals surface area contributed by atoms with E-state index in [1.54, 1.807) is 6.20 Å². The molecule has 1 N–H and O–H groups in total. The number of nitrogens with zero attached hydrogens (tertiary/aromatic N) is 1. The largest absolute Gasteiger partial charge is 0.320 e. The molecule has 0 spiro atoms. The number of amides is 1. The van der Waals surface area contributed by atoms with E-state index in [0.717, 1.165) is 27.7 Å². The van der Waals surface area contributed by atoms with Crippen molar-refractivity contribution >= 4 is 36.1 Å². The SMILES string of the molecule is Cc1ccc(/C(=C\[Si](C)(C)C)C(=O)Nc2cccc3cccnc23)cc1. The molecule has 0 aliphatic heterocycles. The molecule has 1 amide bonds. The average Bonchev–Trinajstić information content (AvgIpc) is 2.60. The number of hydrogen-bond acceptors (Lipinski definition) is 2. The average molecular weight is 361 g/mol. The van der Waals surface area contributed by atoms with Crippen LogP contribution in [-0.4, -0.2) is 19.0 Å². The summed E-state index contributed by atoms with van der Waals surface area (Å²) < 4.78 is 0. The summed E-state index contributed by atoms with van der Waals surface area (Å²) in [6.07, 6.45) is 1.75. The minimum Gasteiger partial charge on any atom is -0.320 e. The van der Waals surface area contributed by atoms with E-state index in [4.69, 9.17) is 0 Å². The third-order valence-electron chi connectivity index (χ3n) is 4.07. The summed E-state index contributed by atoms with van der Waals surface area (Å²) >= 11 is 0. The lowest BCUT2D eigenvalue weighted by molar-refractivity contribution is -0.111. The molecule has 0 saturated carbocycles. The number of aryl methyl sites for hydroxylation is 1. The second-order valence-corrected chi connectivity index (χ2v) is 12.6. The van der Waals surface area contributed by atoms with Gasteiger partial charge >= 0.3 is 0 Å². The molecule has 2 aromatic carbocycles. The lowest BCUT2D eigenvalue weighted by atomic mass is 10.0. The number of benzene rings is 2. The number of aromatic nitrogens is 1. The number of rotatable bonds is 4. The minimum absolute atomic E-state index is 0.0885. The zero-order chi connectivity index (χ0) is 18.7. The second kappa shape index (κ2) is 7.26. The van der Waals surface area contributed by atoms with E-state index in [1.165, 1.54) is 5.56 Å². The third kappa shape index (κ3) is 4.27. The van der Waals surface area contributed by atoms with Gasteiger partial charge in [0, 0.05) is 17.2 Å². The van der Waals surface area contributed by atoms with Crippen molar-refractivity contribution in [3.8, 4) is 0 Å². The second-order valence-electron chi connectivity index (χ2n) is 7.62. The highest BCUT2D eigenvalue weighted by Crippen LogP contribution is 2.24. The molecule has 0 unspecified atom stereocenters. The maximum Gasteiger partial charge on any atom is 0.255 e. The zero-order valence-electron chi connectivity index (χ0n) is 15.7. The maximum absolute atomic E-state index is 13.1. The van der Waals surface area contributed by atoms with Gasteiger partial charge in [-0.15, -0.1) is 0 Å². The van der Waals surface area contributed by atoms with Crippen LogP contribution in [0, 0.1) is 6.92 Å². The van der Waals surface area contributed by atoms with Crippen LogP contribution in [0.15, 0.2) is 66.5 Å². The van der Waals surface area contributed by atoms with Gasteiger partial charge in [0.1, 0.15) is 0 Å². The molecule has 1 aromatic heterocycles. The Morgan fingerprint density at radius 3 is 2.38 bits per heavy atom. The highest BCUT2D eigenvalue weighted by atomic mass is 28.3. The van der Waals surface area contributed by atoms with Crippen molar-refractivity contribution in [1.29, 1.82) is 0 Å². The van der Waals surface area contributed by atoms with E-state index in [9.17, 15) is 4.79 Å². The Bertz CT molecular complexity index is 964. The number of carbonyl (C=O) groups excluding carboxylic acids is 1. The molecule has 4 heteroatoms. The van der Waals surface area contributed by atoms with E-state index < -0.39 is 8.07 Å². The van der Waals surface area contributed by atoms with Gasteiger partial charge in [-0.2, -0.15) is 0 Å². The van der Waals surface area contributed by atoms with Gasteiger partial charge < -0.3 is 5.32 Å². The van der Waals surface area contributed by atoms with Gasteiger partial charge in [0.2, 0.25) is 0 Å². The first-order chi connectivity index (χ1) is 12.3. The van der Waals surface area contributed by atoms with Crippen molar-refractivity contribution in [2.24, 2.45) is 0 Å². The van der Waals surface area contributed by atoms with Gasteiger partial charge in [-0.1, -0.05) is 73.4 Å². The molecule has 26 heavy (non-hydrogen) atoms. The van der Waals surface area contributed by atoms with Crippen molar-refractivity contribution in [1.82, 2.24) is 4.98 Å². The van der Waals surface area contributed by atoms with Crippen LogP contribution in [0.5, 0.6) is 0 Å². The third-order valence-corrected chi connectivity index (χ3v) is 5.22. The first kappa shape index (κ1) is 18.1. The number of anilines is 1. The molecule has 0 atom stereocenters. The molecule has 0 fully saturated rings. The fourth-order valence-electron chi connectivity index (χ4n) is 2.84. The number of pyridine rings is 1. The fraction of sp³-hybridized carbons (Fsp3) is 0.182. The first-order valence-electron chi connectivity index (χ1n) is 8.78. The Balaban J connectivity index is 2.00. The molecule has 0 aliphatic carbocycles. The topological polar surface area (TPSA) is 42.0 Å². The molecule has 3 rings (SSSR count). The molecule has 3 aromatic rings. The fourth-order valence-corrected chi connectivity index (χ4v) is 4.00. The lowest BCUT2D eigenvalue weighted by Crippen LogP contribution is -2.21. The van der Waals surface area contributed by atoms with E-state index in [0.29, 0.717) is 0 Å². The summed E-state index contributed by atoms with van der Waals surface area (Å²) in [6.45, 7) is 8.74. The lowest BCUT2D eigenvalue weighted by Gasteiger charge is -2.16. The standard InChI is InChI=1S/C22H24N2OSi/c1-16-10-12-17(13-11-16)19(15-26(2,3)4)22(25)24-20-9-5-7-18-8-6-14-23-21(18)20/h5-15H,1-4H3,(H,24,25)/b19-15+. The van der Waals surface area contributed by atoms with Crippen molar-refractivity contribution in [2.75, 3.05) is 5.32 Å². The van der Waals surface area contributed by atoms with Crippen LogP contribution >= 0.6 is 0 Å². The Morgan fingerprint density at radius 1 is 1.00 bits per heavy atom. The van der Waals surface area contributed by atoms with Crippen LogP contribution in [-0.2, 0) is 4.79 Å². The number of nitrogens with one attached hydrogen (secondary N) is 1. The summed E-state index contributed by atoms with van der Waals surface area (Å²) in [4.78, 5) is 17.6. The quantitative estimate of drug-likeness (QED) is 0.497. The molecule has 0 saturated heterocycles. The molecule has 0 bridgehead atoms. The molecule has 0 aliphatic rings. The summed E-state index contributed by atoms with van der Waals surface area (Å²) in [5.74, 6) is -0.0885. The summed E-state index contributed by atoms with van der Waals surface area (Å²) in [6, 6.07) is 17.8. The Labute approximate surface area is 155 Å². The van der Waals surface area contributed by atoms with Crippen molar-refractivity contribution in [3.05, 3.63) is 77.6 Å². The Hall–Kier alpha value is -2.72. The van der Waals surface area contributed by atoms with Crippen LogP contribution in [0.3, 0.4) is 0 Å². The van der Waals surface area contributed by atoms with Gasteiger partial charge in [0.05, 0.1) is 19.3 Å². The van der Waals surface area contributed by atoms with E-state index in [-0.39, 0.29) is 5.91 Å². The molecule has 132 valence electrons. The van der Waals surface area contributed by atoms with Gasteiger partial charge in [-0.3, -0.25) is 9.78 Å². The highest BCUT2D eigenvalue weighted by Gasteiger charge is 2.19. The van der Waals surface area contributed by atoms with Crippen LogP contribution in [0.4, 0.5) is 5.69 Å². The molecular weight excluding hydrogens is 336 g/mol. The first-order valence-corrected chi connectivity index (χ1v) is 12.4. The van der Waals surface area contributed by atoms with Crippen molar-refractivity contribution < 1.29 is 4.79 Å². The predicted molar refractivity (Wildman–Crippen MR) is 113 cm³/mol. The Morgan fingerprint density at radius 2 is 1.69 bits per heavy atom. The van der Waals surface area contributed by atoms with E-state index >= 15 is 0 Å². The van der Waals surface area contributed by atoms with Crippen molar-refractivity contribution in [2.45, 2.75) is 26.6 Å². The van der Waals surface area contributed by atoms with Gasteiger partial charge in [0.15, 0.2) is 0 Å². The number of hydrogen-bond donors (Lipinski definition) is 1. The number of para-hydroxylation sites is 1. The Kier molecular flexibility index (Phi) is 5.05. The van der Waals surface area contributed by atoms with Crippen LogP contribution < -0.4 is 5.32 Å². The van der Waals surface area contributed by atoms with Gasteiger partial charge in [-0.25, -0.2) is 0 Å². The smallest absolute Gasteiger partial charge is 0.255 e. The van der Waals surface area contributed by atoms with E-state index in [1.807, 2.05) is 61.5 Å². The predicted octanol–water partition coefficient (Wildman–Crippen LogP) is 5.44. The maximum atomic E-state index is 13.1. The summed E-state index contributed by atoms with van der Waals surface area (Å²) in [5, 5.41) is 4.08. The molecule has 0 radical (unpaired) electrons. The molecule has 3 nitrogen and oxygen atoms in total. The highest BCUT2D eigenvalue weighted by molar-refractivity contribution is 6.82. The zero-order valence-corrected chi connectivity index (χ0v) is 16.7. The molecule has 1 heterocycles. The van der Waals surface area contributed by atoms with Crippen LogP contribution in [0.25, 0.3) is 16.5 Å². The minimum atomic E-state index is -1.59. The monoisotopic (exact) mass is 360 g/mol. The number of carbonyl (C=O) groups is 1. The van der Waals surface area contributed by atoms with E-state index in [2.05, 4.69) is 35.6 Å². The summed E-state index contributed by atoms with van der Waals surface area (Å²) in [5.41, 5.74) is 6.56. The molecular formula is C22H24N2OSi.